The van der Waals surface area contributed by atoms with E-state index < -0.39 is 11.4 Å². The van der Waals surface area contributed by atoms with Gasteiger partial charge in [-0.1, -0.05) is 40.2 Å². The summed E-state index contributed by atoms with van der Waals surface area (Å²) in [6, 6.07) is 11.7. The number of hydrogen-bond donors (Lipinski definition) is 1. The van der Waals surface area contributed by atoms with Crippen molar-refractivity contribution in [2.45, 2.75) is 19.3 Å². The van der Waals surface area contributed by atoms with E-state index >= 15 is 0 Å². The topological polar surface area (TPSA) is 37.3 Å². The Kier molecular flexibility index (Phi) is 2.96. The Labute approximate surface area is 108 Å². The number of rotatable bonds is 2. The molecule has 0 saturated heterocycles. The van der Waals surface area contributed by atoms with Crippen molar-refractivity contribution in [3.05, 3.63) is 46.4 Å². The minimum atomic E-state index is -0.865. The Morgan fingerprint density at radius 3 is 2.59 bits per heavy atom. The molecule has 2 aromatic rings. The third-order valence-electron chi connectivity index (χ3n) is 3.08. The smallest absolute Gasteiger partial charge is 0.313 e. The van der Waals surface area contributed by atoms with E-state index in [1.165, 1.54) is 0 Å². The van der Waals surface area contributed by atoms with E-state index in [1.54, 1.807) is 13.8 Å². The highest BCUT2D eigenvalue weighted by molar-refractivity contribution is 9.10. The van der Waals surface area contributed by atoms with Crippen molar-refractivity contribution < 1.29 is 9.90 Å². The minimum Gasteiger partial charge on any atom is -0.481 e. The zero-order chi connectivity index (χ0) is 12.6. The van der Waals surface area contributed by atoms with Crippen LogP contribution in [0.25, 0.3) is 10.8 Å². The number of aliphatic carboxylic acids is 1. The molecule has 0 amide bonds. The molecule has 1 N–H and O–H groups in total. The monoisotopic (exact) mass is 292 g/mol. The summed E-state index contributed by atoms with van der Waals surface area (Å²) in [6.45, 7) is 3.43. The van der Waals surface area contributed by atoms with Crippen LogP contribution in [-0.4, -0.2) is 11.1 Å². The van der Waals surface area contributed by atoms with Gasteiger partial charge < -0.3 is 5.11 Å². The van der Waals surface area contributed by atoms with Crippen molar-refractivity contribution in [1.82, 2.24) is 0 Å². The Morgan fingerprint density at radius 1 is 1.24 bits per heavy atom. The second kappa shape index (κ2) is 4.15. The molecule has 88 valence electrons. The molecule has 17 heavy (non-hydrogen) atoms. The van der Waals surface area contributed by atoms with Gasteiger partial charge in [0.2, 0.25) is 0 Å². The van der Waals surface area contributed by atoms with Crippen LogP contribution in [0, 0.1) is 0 Å². The number of fused-ring (bicyclic) bond motifs is 1. The Morgan fingerprint density at radius 2 is 1.94 bits per heavy atom. The standard InChI is InChI=1S/C14H13BrO2/c1-14(2,13(16)17)10-6-7-11-9(8-10)4-3-5-12(11)15/h3-8H,1-2H3,(H,16,17). The number of halogens is 1. The lowest BCUT2D eigenvalue weighted by molar-refractivity contribution is -0.142. The van der Waals surface area contributed by atoms with Crippen molar-refractivity contribution >= 4 is 32.7 Å². The van der Waals surface area contributed by atoms with Crippen LogP contribution in [-0.2, 0) is 10.2 Å². The fourth-order valence-corrected chi connectivity index (χ4v) is 2.27. The zero-order valence-corrected chi connectivity index (χ0v) is 11.3. The Balaban J connectivity index is 2.64. The maximum atomic E-state index is 11.2. The molecule has 0 aliphatic rings. The van der Waals surface area contributed by atoms with E-state index in [4.69, 9.17) is 0 Å². The molecule has 0 unspecified atom stereocenters. The van der Waals surface area contributed by atoms with Gasteiger partial charge in [0.05, 0.1) is 5.41 Å². The summed E-state index contributed by atoms with van der Waals surface area (Å²) in [7, 11) is 0. The minimum absolute atomic E-state index is 0.813. The molecular weight excluding hydrogens is 280 g/mol. The SMILES string of the molecule is CC(C)(C(=O)O)c1ccc2c(Br)cccc2c1. The van der Waals surface area contributed by atoms with Gasteiger partial charge in [0.15, 0.2) is 0 Å². The normalized spacial score (nSPS) is 11.7. The van der Waals surface area contributed by atoms with Gasteiger partial charge in [-0.15, -0.1) is 0 Å². The molecule has 0 fully saturated rings. The van der Waals surface area contributed by atoms with Gasteiger partial charge in [0.1, 0.15) is 0 Å². The van der Waals surface area contributed by atoms with E-state index in [9.17, 15) is 9.90 Å². The van der Waals surface area contributed by atoms with E-state index in [1.807, 2.05) is 36.4 Å². The van der Waals surface area contributed by atoms with E-state index in [2.05, 4.69) is 15.9 Å². The van der Waals surface area contributed by atoms with Gasteiger partial charge in [0, 0.05) is 4.47 Å². The molecule has 0 spiro atoms. The second-order valence-electron chi connectivity index (χ2n) is 4.61. The quantitative estimate of drug-likeness (QED) is 0.909. The molecule has 0 saturated carbocycles. The molecule has 3 heteroatoms. The van der Waals surface area contributed by atoms with Crippen LogP contribution in [0.4, 0.5) is 0 Å². The average Bonchev–Trinajstić information content (AvgIpc) is 2.28. The first-order valence-electron chi connectivity index (χ1n) is 5.35. The van der Waals surface area contributed by atoms with E-state index in [0.717, 1.165) is 20.8 Å². The summed E-state index contributed by atoms with van der Waals surface area (Å²) in [5, 5.41) is 11.4. The summed E-state index contributed by atoms with van der Waals surface area (Å²) >= 11 is 3.48. The first-order chi connectivity index (χ1) is 7.93. The molecule has 0 aliphatic carbocycles. The van der Waals surface area contributed by atoms with Crippen LogP contribution in [0.3, 0.4) is 0 Å². The van der Waals surface area contributed by atoms with Crippen LogP contribution in [0.2, 0.25) is 0 Å². The number of benzene rings is 2. The van der Waals surface area contributed by atoms with Crippen molar-refractivity contribution in [1.29, 1.82) is 0 Å². The van der Waals surface area contributed by atoms with Gasteiger partial charge in [-0.25, -0.2) is 0 Å². The molecule has 0 heterocycles. The molecule has 2 nitrogen and oxygen atoms in total. The van der Waals surface area contributed by atoms with E-state index in [0.29, 0.717) is 0 Å². The molecular formula is C14H13BrO2. The van der Waals surface area contributed by atoms with E-state index in [-0.39, 0.29) is 0 Å². The van der Waals surface area contributed by atoms with Crippen LogP contribution in [0.5, 0.6) is 0 Å². The lowest BCUT2D eigenvalue weighted by Gasteiger charge is -2.20. The summed E-state index contributed by atoms with van der Waals surface area (Å²) < 4.78 is 1.02. The first kappa shape index (κ1) is 12.1. The zero-order valence-electron chi connectivity index (χ0n) is 9.70. The highest BCUT2D eigenvalue weighted by atomic mass is 79.9. The molecule has 2 rings (SSSR count). The third kappa shape index (κ3) is 2.07. The summed E-state index contributed by atoms with van der Waals surface area (Å²) in [5.41, 5.74) is -0.0492. The molecule has 0 radical (unpaired) electrons. The van der Waals surface area contributed by atoms with Crippen molar-refractivity contribution in [3.8, 4) is 0 Å². The molecule has 0 aliphatic heterocycles. The molecule has 0 bridgehead atoms. The van der Waals surface area contributed by atoms with Crippen molar-refractivity contribution in [2.75, 3.05) is 0 Å². The number of hydrogen-bond acceptors (Lipinski definition) is 1. The van der Waals surface area contributed by atoms with Gasteiger partial charge in [-0.3, -0.25) is 4.79 Å². The Hall–Kier alpha value is -1.35. The fourth-order valence-electron chi connectivity index (χ4n) is 1.76. The summed E-state index contributed by atoms with van der Waals surface area (Å²) in [4.78, 5) is 11.2. The summed E-state index contributed by atoms with van der Waals surface area (Å²) in [5.74, 6) is -0.813. The molecule has 2 aromatic carbocycles. The van der Waals surface area contributed by atoms with Crippen molar-refractivity contribution in [2.24, 2.45) is 0 Å². The maximum absolute atomic E-state index is 11.2. The van der Waals surface area contributed by atoms with Crippen LogP contribution < -0.4 is 0 Å². The number of carboxylic acid groups (broad SMARTS) is 1. The average molecular weight is 293 g/mol. The molecule has 0 atom stereocenters. The lowest BCUT2D eigenvalue weighted by atomic mass is 9.84. The maximum Gasteiger partial charge on any atom is 0.313 e. The highest BCUT2D eigenvalue weighted by Gasteiger charge is 2.29. The predicted molar refractivity (Wildman–Crippen MR) is 72.3 cm³/mol. The highest BCUT2D eigenvalue weighted by Crippen LogP contribution is 2.30. The second-order valence-corrected chi connectivity index (χ2v) is 5.46. The van der Waals surface area contributed by atoms with Gasteiger partial charge in [-0.2, -0.15) is 0 Å². The number of carboxylic acids is 1. The van der Waals surface area contributed by atoms with Crippen LogP contribution >= 0.6 is 15.9 Å². The predicted octanol–water partition coefficient (Wildman–Crippen LogP) is 3.96. The largest absolute Gasteiger partial charge is 0.481 e. The van der Waals surface area contributed by atoms with Gasteiger partial charge >= 0.3 is 5.97 Å². The van der Waals surface area contributed by atoms with Gasteiger partial charge in [-0.05, 0) is 42.3 Å². The third-order valence-corrected chi connectivity index (χ3v) is 3.78. The number of carbonyl (C=O) groups is 1. The summed E-state index contributed by atoms with van der Waals surface area (Å²) in [6.07, 6.45) is 0. The Bertz CT molecular complexity index is 588. The first-order valence-corrected chi connectivity index (χ1v) is 6.14. The van der Waals surface area contributed by atoms with Crippen LogP contribution in [0.15, 0.2) is 40.9 Å². The lowest BCUT2D eigenvalue weighted by Crippen LogP contribution is -2.28. The molecule has 0 aromatic heterocycles. The van der Waals surface area contributed by atoms with Crippen molar-refractivity contribution in [3.63, 3.8) is 0 Å². The van der Waals surface area contributed by atoms with Gasteiger partial charge in [0.25, 0.3) is 0 Å². The fraction of sp³-hybridized carbons (Fsp3) is 0.214. The van der Waals surface area contributed by atoms with Crippen LogP contribution in [0.1, 0.15) is 19.4 Å².